The number of rotatable bonds is 7. The van der Waals surface area contributed by atoms with Crippen LogP contribution in [0.2, 0.25) is 0 Å². The summed E-state index contributed by atoms with van der Waals surface area (Å²) in [6.07, 6.45) is 0. The van der Waals surface area contributed by atoms with Gasteiger partial charge < -0.3 is 14.8 Å². The van der Waals surface area contributed by atoms with Crippen molar-refractivity contribution in [1.82, 2.24) is 0 Å². The Kier molecular flexibility index (Phi) is 7.12. The average Bonchev–Trinajstić information content (AvgIpc) is 2.67. The third-order valence-corrected chi connectivity index (χ3v) is 4.97. The van der Waals surface area contributed by atoms with Crippen LogP contribution < -0.4 is 14.8 Å². The maximum absolute atomic E-state index is 12.2. The standard InChI is InChI=1S/C22H19Br2NO3/c1-15-11-17(23)12-20(24)22(15)28-14-21(26)25-18-7-9-19(10-8-18)27-13-16-5-3-2-4-6-16/h2-12H,13-14H2,1H3,(H,25,26). The molecule has 1 N–H and O–H groups in total. The Balaban J connectivity index is 1.50. The number of carbonyl (C=O) groups excluding carboxylic acids is 1. The minimum absolute atomic E-state index is 0.0761. The summed E-state index contributed by atoms with van der Waals surface area (Å²) >= 11 is 6.88. The highest BCUT2D eigenvalue weighted by Gasteiger charge is 2.10. The second kappa shape index (κ2) is 9.75. The lowest BCUT2D eigenvalue weighted by molar-refractivity contribution is -0.118. The van der Waals surface area contributed by atoms with E-state index in [4.69, 9.17) is 9.47 Å². The molecule has 3 rings (SSSR count). The zero-order valence-electron chi connectivity index (χ0n) is 15.2. The van der Waals surface area contributed by atoms with Crippen LogP contribution in [0.15, 0.2) is 75.7 Å². The van der Waals surface area contributed by atoms with Gasteiger partial charge in [0.05, 0.1) is 4.47 Å². The van der Waals surface area contributed by atoms with Crippen molar-refractivity contribution in [3.05, 3.63) is 86.8 Å². The summed E-state index contributed by atoms with van der Waals surface area (Å²) in [6.45, 7) is 2.35. The average molecular weight is 505 g/mol. The molecule has 28 heavy (non-hydrogen) atoms. The molecule has 6 heteroatoms. The Morgan fingerprint density at radius 2 is 1.68 bits per heavy atom. The number of benzene rings is 3. The highest BCUT2D eigenvalue weighted by atomic mass is 79.9. The van der Waals surface area contributed by atoms with Crippen molar-refractivity contribution in [3.8, 4) is 11.5 Å². The van der Waals surface area contributed by atoms with Gasteiger partial charge in [-0.05, 0) is 70.4 Å². The molecule has 0 bridgehead atoms. The molecule has 3 aromatic rings. The van der Waals surface area contributed by atoms with E-state index in [1.807, 2.05) is 61.5 Å². The third-order valence-electron chi connectivity index (χ3n) is 3.93. The fourth-order valence-electron chi connectivity index (χ4n) is 2.58. The van der Waals surface area contributed by atoms with Crippen LogP contribution in [0.3, 0.4) is 0 Å². The van der Waals surface area contributed by atoms with Gasteiger partial charge in [0.15, 0.2) is 6.61 Å². The topological polar surface area (TPSA) is 47.6 Å². The Hall–Kier alpha value is -2.31. The summed E-state index contributed by atoms with van der Waals surface area (Å²) in [4.78, 5) is 12.2. The van der Waals surface area contributed by atoms with Crippen LogP contribution in [0, 0.1) is 6.92 Å². The van der Waals surface area contributed by atoms with Crippen LogP contribution in [0.1, 0.15) is 11.1 Å². The molecule has 4 nitrogen and oxygen atoms in total. The highest BCUT2D eigenvalue weighted by molar-refractivity contribution is 9.11. The molecule has 0 saturated heterocycles. The molecule has 1 amide bonds. The summed E-state index contributed by atoms with van der Waals surface area (Å²) in [7, 11) is 0. The lowest BCUT2D eigenvalue weighted by atomic mass is 10.2. The summed E-state index contributed by atoms with van der Waals surface area (Å²) in [5.41, 5.74) is 2.73. The predicted molar refractivity (Wildman–Crippen MR) is 118 cm³/mol. The summed E-state index contributed by atoms with van der Waals surface area (Å²) in [6, 6.07) is 21.0. The largest absolute Gasteiger partial charge is 0.489 e. The number of anilines is 1. The molecule has 144 valence electrons. The Morgan fingerprint density at radius 1 is 0.964 bits per heavy atom. The number of hydrogen-bond donors (Lipinski definition) is 1. The fraction of sp³-hybridized carbons (Fsp3) is 0.136. The van der Waals surface area contributed by atoms with E-state index in [9.17, 15) is 4.79 Å². The molecule has 0 aliphatic carbocycles. The molecular weight excluding hydrogens is 486 g/mol. The van der Waals surface area contributed by atoms with Gasteiger partial charge >= 0.3 is 0 Å². The number of carbonyl (C=O) groups is 1. The first kappa shape index (κ1) is 20.4. The molecule has 0 heterocycles. The second-order valence-corrected chi connectivity index (χ2v) is 7.94. The highest BCUT2D eigenvalue weighted by Crippen LogP contribution is 2.32. The number of nitrogens with one attached hydrogen (secondary N) is 1. The summed E-state index contributed by atoms with van der Waals surface area (Å²) in [5.74, 6) is 1.17. The Labute approximate surface area is 181 Å². The number of amides is 1. The maximum atomic E-state index is 12.2. The molecule has 0 radical (unpaired) electrons. The van der Waals surface area contributed by atoms with Crippen LogP contribution in [-0.2, 0) is 11.4 Å². The minimum atomic E-state index is -0.229. The molecular formula is C22H19Br2NO3. The van der Waals surface area contributed by atoms with Gasteiger partial charge in [-0.25, -0.2) is 0 Å². The minimum Gasteiger partial charge on any atom is -0.489 e. The van der Waals surface area contributed by atoms with E-state index in [0.29, 0.717) is 18.0 Å². The van der Waals surface area contributed by atoms with Gasteiger partial charge in [-0.15, -0.1) is 0 Å². The number of hydrogen-bond acceptors (Lipinski definition) is 3. The van der Waals surface area contributed by atoms with Gasteiger partial charge in [0.25, 0.3) is 5.91 Å². The van der Waals surface area contributed by atoms with E-state index in [-0.39, 0.29) is 12.5 Å². The molecule has 0 unspecified atom stereocenters. The van der Waals surface area contributed by atoms with E-state index >= 15 is 0 Å². The first-order valence-electron chi connectivity index (χ1n) is 8.66. The molecule has 0 aromatic heterocycles. The van der Waals surface area contributed by atoms with Crippen LogP contribution in [0.5, 0.6) is 11.5 Å². The normalized spacial score (nSPS) is 10.4. The molecule has 0 atom stereocenters. The van der Waals surface area contributed by atoms with Gasteiger partial charge in [-0.2, -0.15) is 0 Å². The van der Waals surface area contributed by atoms with Crippen molar-refractivity contribution in [2.75, 3.05) is 11.9 Å². The summed E-state index contributed by atoms with van der Waals surface area (Å²) in [5, 5.41) is 2.82. The lowest BCUT2D eigenvalue weighted by Crippen LogP contribution is -2.20. The number of ether oxygens (including phenoxy) is 2. The third kappa shape index (κ3) is 5.84. The summed E-state index contributed by atoms with van der Waals surface area (Å²) < 4.78 is 13.2. The van der Waals surface area contributed by atoms with Crippen LogP contribution in [0.4, 0.5) is 5.69 Å². The van der Waals surface area contributed by atoms with Gasteiger partial charge in [0, 0.05) is 10.2 Å². The van der Waals surface area contributed by atoms with Crippen LogP contribution >= 0.6 is 31.9 Å². The molecule has 0 aliphatic heterocycles. The molecule has 0 spiro atoms. The number of halogens is 2. The van der Waals surface area contributed by atoms with Crippen LogP contribution in [0.25, 0.3) is 0 Å². The SMILES string of the molecule is Cc1cc(Br)cc(Br)c1OCC(=O)Nc1ccc(OCc2ccccc2)cc1. The van der Waals surface area contributed by atoms with Gasteiger partial charge in [0.2, 0.25) is 0 Å². The van der Waals surface area contributed by atoms with Crippen molar-refractivity contribution >= 4 is 43.5 Å². The molecule has 3 aromatic carbocycles. The quantitative estimate of drug-likeness (QED) is 0.421. The first-order chi connectivity index (χ1) is 13.5. The van der Waals surface area contributed by atoms with E-state index in [2.05, 4.69) is 37.2 Å². The number of aryl methyl sites for hydroxylation is 1. The zero-order valence-corrected chi connectivity index (χ0v) is 18.4. The van der Waals surface area contributed by atoms with Crippen LogP contribution in [-0.4, -0.2) is 12.5 Å². The maximum Gasteiger partial charge on any atom is 0.262 e. The van der Waals surface area contributed by atoms with Crippen molar-refractivity contribution < 1.29 is 14.3 Å². The first-order valence-corrected chi connectivity index (χ1v) is 10.2. The van der Waals surface area contributed by atoms with E-state index in [1.54, 1.807) is 12.1 Å². The molecule has 0 aliphatic rings. The smallest absolute Gasteiger partial charge is 0.262 e. The molecule has 0 fully saturated rings. The van der Waals surface area contributed by atoms with Gasteiger partial charge in [-0.1, -0.05) is 46.3 Å². The lowest BCUT2D eigenvalue weighted by Gasteiger charge is -2.12. The zero-order chi connectivity index (χ0) is 19.9. The Morgan fingerprint density at radius 3 is 2.36 bits per heavy atom. The monoisotopic (exact) mass is 503 g/mol. The predicted octanol–water partition coefficient (Wildman–Crippen LogP) is 6.12. The Bertz CT molecular complexity index is 921. The second-order valence-electron chi connectivity index (χ2n) is 6.17. The van der Waals surface area contributed by atoms with Crippen molar-refractivity contribution in [2.24, 2.45) is 0 Å². The molecule has 0 saturated carbocycles. The van der Waals surface area contributed by atoms with Crippen molar-refractivity contribution in [3.63, 3.8) is 0 Å². The van der Waals surface area contributed by atoms with Gasteiger partial charge in [0.1, 0.15) is 18.1 Å². The van der Waals surface area contributed by atoms with Gasteiger partial charge in [-0.3, -0.25) is 4.79 Å². The fourth-order valence-corrected chi connectivity index (χ4v) is 4.14. The van der Waals surface area contributed by atoms with E-state index in [1.165, 1.54) is 0 Å². The van der Waals surface area contributed by atoms with E-state index < -0.39 is 0 Å². The van der Waals surface area contributed by atoms with E-state index in [0.717, 1.165) is 25.8 Å². The van der Waals surface area contributed by atoms with Crippen molar-refractivity contribution in [2.45, 2.75) is 13.5 Å². The van der Waals surface area contributed by atoms with Crippen molar-refractivity contribution in [1.29, 1.82) is 0 Å².